The summed E-state index contributed by atoms with van der Waals surface area (Å²) in [5, 5.41) is 3.54. The Hall–Kier alpha value is -1.02. The minimum Gasteiger partial charge on any atom is -0.479 e. The lowest BCUT2D eigenvalue weighted by Gasteiger charge is -2.32. The number of ether oxygens (including phenoxy) is 1. The summed E-state index contributed by atoms with van der Waals surface area (Å²) < 4.78 is 31.3. The van der Waals surface area contributed by atoms with Gasteiger partial charge in [-0.05, 0) is 38.3 Å². The number of hydrogen-bond acceptors (Lipinski definition) is 4. The first-order valence-electron chi connectivity index (χ1n) is 8.63. The summed E-state index contributed by atoms with van der Waals surface area (Å²) in [6.07, 6.45) is 1.02. The summed E-state index contributed by atoms with van der Waals surface area (Å²) in [5.74, 6) is 0.244. The summed E-state index contributed by atoms with van der Waals surface area (Å²) in [7, 11) is -3.18. The van der Waals surface area contributed by atoms with E-state index in [0.29, 0.717) is 43.1 Å². The standard InChI is InChI=1S/C17H24Cl2N2O4S/c1-3-11-26(23,24)21-9-7-13(8-10-21)20-17(22)12(2)25-15-6-4-5-14(18)16(15)19/h4-6,12-13H,3,7-11H2,1-2H3,(H,20,22). The SMILES string of the molecule is CCCS(=O)(=O)N1CCC(NC(=O)C(C)Oc2cccc(Cl)c2Cl)CC1. The van der Waals surface area contributed by atoms with Crippen LogP contribution in [0.1, 0.15) is 33.1 Å². The average molecular weight is 423 g/mol. The maximum absolute atomic E-state index is 12.3. The van der Waals surface area contributed by atoms with Crippen LogP contribution in [0.4, 0.5) is 0 Å². The molecule has 6 nitrogen and oxygen atoms in total. The average Bonchev–Trinajstić information content (AvgIpc) is 2.59. The second kappa shape index (κ2) is 9.26. The van der Waals surface area contributed by atoms with Crippen molar-refractivity contribution in [3.63, 3.8) is 0 Å². The predicted octanol–water partition coefficient (Wildman–Crippen LogP) is 3.08. The van der Waals surface area contributed by atoms with Gasteiger partial charge >= 0.3 is 0 Å². The van der Waals surface area contributed by atoms with E-state index in [4.69, 9.17) is 27.9 Å². The first-order chi connectivity index (χ1) is 12.2. The van der Waals surface area contributed by atoms with Gasteiger partial charge in [-0.15, -0.1) is 0 Å². The molecule has 9 heteroatoms. The van der Waals surface area contributed by atoms with Crippen LogP contribution in [0.2, 0.25) is 10.0 Å². The number of halogens is 2. The van der Waals surface area contributed by atoms with E-state index in [1.54, 1.807) is 25.1 Å². The third-order valence-electron chi connectivity index (χ3n) is 4.24. The van der Waals surface area contributed by atoms with E-state index in [-0.39, 0.29) is 22.7 Å². The van der Waals surface area contributed by atoms with Crippen LogP contribution in [0.3, 0.4) is 0 Å². The zero-order valence-electron chi connectivity index (χ0n) is 14.9. The normalized spacial score (nSPS) is 17.7. The molecule has 1 N–H and O–H groups in total. The number of benzene rings is 1. The Morgan fingerprint density at radius 2 is 2.00 bits per heavy atom. The van der Waals surface area contributed by atoms with Gasteiger partial charge in [0.05, 0.1) is 10.8 Å². The van der Waals surface area contributed by atoms with Crippen LogP contribution in [0.5, 0.6) is 5.75 Å². The van der Waals surface area contributed by atoms with Crippen LogP contribution in [-0.2, 0) is 14.8 Å². The molecule has 0 bridgehead atoms. The van der Waals surface area contributed by atoms with Crippen LogP contribution < -0.4 is 10.1 Å². The lowest BCUT2D eigenvalue weighted by Crippen LogP contribution is -2.49. The van der Waals surface area contributed by atoms with Crippen LogP contribution in [0.15, 0.2) is 18.2 Å². The van der Waals surface area contributed by atoms with E-state index < -0.39 is 16.1 Å². The molecule has 146 valence electrons. The number of nitrogens with zero attached hydrogens (tertiary/aromatic N) is 1. The van der Waals surface area contributed by atoms with Gasteiger partial charge in [0.25, 0.3) is 5.91 Å². The number of carbonyl (C=O) groups excluding carboxylic acids is 1. The molecule has 0 radical (unpaired) electrons. The van der Waals surface area contributed by atoms with Crippen molar-refractivity contribution in [1.29, 1.82) is 0 Å². The molecule has 26 heavy (non-hydrogen) atoms. The molecule has 0 aromatic heterocycles. The van der Waals surface area contributed by atoms with Crippen molar-refractivity contribution >= 4 is 39.1 Å². The van der Waals surface area contributed by atoms with Gasteiger partial charge in [-0.1, -0.05) is 36.2 Å². The minimum atomic E-state index is -3.18. The Labute approximate surface area is 164 Å². The number of amides is 1. The summed E-state index contributed by atoms with van der Waals surface area (Å²) in [6, 6.07) is 4.91. The number of nitrogens with one attached hydrogen (secondary N) is 1. The molecule has 1 aromatic carbocycles. The highest BCUT2D eigenvalue weighted by Crippen LogP contribution is 2.32. The summed E-state index contributed by atoms with van der Waals surface area (Å²) in [6.45, 7) is 4.32. The molecular weight excluding hydrogens is 399 g/mol. The van der Waals surface area contributed by atoms with E-state index in [1.807, 2.05) is 6.92 Å². The molecule has 1 fully saturated rings. The number of piperidine rings is 1. The Morgan fingerprint density at radius 1 is 1.35 bits per heavy atom. The fraction of sp³-hybridized carbons (Fsp3) is 0.588. The Kier molecular flexibility index (Phi) is 7.58. The molecule has 1 heterocycles. The topological polar surface area (TPSA) is 75.7 Å². The van der Waals surface area contributed by atoms with Crippen LogP contribution in [0, 0.1) is 0 Å². The van der Waals surface area contributed by atoms with Crippen molar-refractivity contribution in [2.45, 2.75) is 45.3 Å². The first kappa shape index (κ1) is 21.3. The van der Waals surface area contributed by atoms with E-state index >= 15 is 0 Å². The minimum absolute atomic E-state index is 0.0727. The lowest BCUT2D eigenvalue weighted by atomic mass is 10.1. The largest absolute Gasteiger partial charge is 0.479 e. The molecule has 1 aliphatic heterocycles. The van der Waals surface area contributed by atoms with Gasteiger partial charge in [-0.2, -0.15) is 0 Å². The monoisotopic (exact) mass is 422 g/mol. The molecule has 0 spiro atoms. The summed E-state index contributed by atoms with van der Waals surface area (Å²) >= 11 is 12.0. The molecule has 1 unspecified atom stereocenters. The van der Waals surface area contributed by atoms with Gasteiger partial charge in [0.1, 0.15) is 10.8 Å². The third kappa shape index (κ3) is 5.49. The number of sulfonamides is 1. The molecule has 0 aliphatic carbocycles. The highest BCUT2D eigenvalue weighted by Gasteiger charge is 2.29. The first-order valence-corrected chi connectivity index (χ1v) is 11.0. The molecule has 1 aromatic rings. The molecule has 2 rings (SSSR count). The van der Waals surface area contributed by atoms with Crippen molar-refractivity contribution in [3.05, 3.63) is 28.2 Å². The van der Waals surface area contributed by atoms with Crippen LogP contribution >= 0.6 is 23.2 Å². The Bertz CT molecular complexity index is 734. The molecule has 1 saturated heterocycles. The predicted molar refractivity (Wildman–Crippen MR) is 103 cm³/mol. The summed E-state index contributed by atoms with van der Waals surface area (Å²) in [5.41, 5.74) is 0. The van der Waals surface area contributed by atoms with Gasteiger partial charge in [-0.3, -0.25) is 4.79 Å². The van der Waals surface area contributed by atoms with Gasteiger partial charge in [0, 0.05) is 19.1 Å². The second-order valence-corrected chi connectivity index (χ2v) is 9.18. The van der Waals surface area contributed by atoms with Crippen molar-refractivity contribution < 1.29 is 17.9 Å². The molecule has 1 amide bonds. The highest BCUT2D eigenvalue weighted by atomic mass is 35.5. The van der Waals surface area contributed by atoms with Crippen molar-refractivity contribution in [3.8, 4) is 5.75 Å². The van der Waals surface area contributed by atoms with Crippen molar-refractivity contribution in [1.82, 2.24) is 9.62 Å². The zero-order chi connectivity index (χ0) is 19.3. The Balaban J connectivity index is 1.86. The quantitative estimate of drug-likeness (QED) is 0.732. The highest BCUT2D eigenvalue weighted by molar-refractivity contribution is 7.89. The summed E-state index contributed by atoms with van der Waals surface area (Å²) in [4.78, 5) is 12.3. The lowest BCUT2D eigenvalue weighted by molar-refractivity contribution is -0.128. The van der Waals surface area contributed by atoms with Gasteiger partial charge in [0.15, 0.2) is 6.10 Å². The molecule has 1 atom stereocenters. The van der Waals surface area contributed by atoms with Gasteiger partial charge in [0.2, 0.25) is 10.0 Å². The fourth-order valence-electron chi connectivity index (χ4n) is 2.80. The molecule has 0 saturated carbocycles. The number of carbonyl (C=O) groups is 1. The fourth-order valence-corrected chi connectivity index (χ4v) is 4.68. The third-order valence-corrected chi connectivity index (χ3v) is 7.12. The van der Waals surface area contributed by atoms with Gasteiger partial charge in [-0.25, -0.2) is 12.7 Å². The maximum Gasteiger partial charge on any atom is 0.260 e. The van der Waals surface area contributed by atoms with E-state index in [9.17, 15) is 13.2 Å². The zero-order valence-corrected chi connectivity index (χ0v) is 17.2. The van der Waals surface area contributed by atoms with E-state index in [0.717, 1.165) is 0 Å². The van der Waals surface area contributed by atoms with Crippen molar-refractivity contribution in [2.75, 3.05) is 18.8 Å². The van der Waals surface area contributed by atoms with Gasteiger partial charge < -0.3 is 10.1 Å². The number of rotatable bonds is 7. The van der Waals surface area contributed by atoms with Crippen molar-refractivity contribution in [2.24, 2.45) is 0 Å². The maximum atomic E-state index is 12.3. The van der Waals surface area contributed by atoms with Crippen LogP contribution in [-0.4, -0.2) is 49.6 Å². The second-order valence-electron chi connectivity index (χ2n) is 6.31. The molecular formula is C17H24Cl2N2O4S. The van der Waals surface area contributed by atoms with E-state index in [1.165, 1.54) is 4.31 Å². The molecule has 1 aliphatic rings. The smallest absolute Gasteiger partial charge is 0.260 e. The van der Waals surface area contributed by atoms with E-state index in [2.05, 4.69) is 5.32 Å². The van der Waals surface area contributed by atoms with Crippen LogP contribution in [0.25, 0.3) is 0 Å². The Morgan fingerprint density at radius 3 is 2.62 bits per heavy atom. The number of hydrogen-bond donors (Lipinski definition) is 1.